The van der Waals surface area contributed by atoms with Gasteiger partial charge in [0.15, 0.2) is 0 Å². The van der Waals surface area contributed by atoms with Gasteiger partial charge in [0.25, 0.3) is 5.91 Å². The van der Waals surface area contributed by atoms with Crippen LogP contribution in [0.3, 0.4) is 0 Å². The third-order valence-corrected chi connectivity index (χ3v) is 4.40. The minimum atomic E-state index is -0.0315. The lowest BCUT2D eigenvalue weighted by molar-refractivity contribution is 0.0802. The molecule has 0 unspecified atom stereocenters. The first-order valence-electron chi connectivity index (χ1n) is 6.52. The van der Waals surface area contributed by atoms with Crippen molar-refractivity contribution < 1.29 is 4.79 Å². The minimum Gasteiger partial charge on any atom is -0.397 e. The summed E-state index contributed by atoms with van der Waals surface area (Å²) in [7, 11) is 3.66. The van der Waals surface area contributed by atoms with Crippen LogP contribution < -0.4 is 11.1 Å². The number of aryl methyl sites for hydroxylation is 2. The Hall–Kier alpha value is -1.66. The van der Waals surface area contributed by atoms with Gasteiger partial charge in [-0.15, -0.1) is 11.3 Å². The molecule has 0 aliphatic heterocycles. The maximum atomic E-state index is 12.4. The predicted molar refractivity (Wildman–Crippen MR) is 84.4 cm³/mol. The largest absolute Gasteiger partial charge is 0.397 e. The number of pyridine rings is 1. The molecule has 3 N–H and O–H groups in total. The van der Waals surface area contributed by atoms with Crippen LogP contribution in [0.1, 0.15) is 21.1 Å². The maximum absolute atomic E-state index is 12.4. The van der Waals surface area contributed by atoms with Gasteiger partial charge < -0.3 is 16.0 Å². The number of fused-ring (bicyclic) bond motifs is 1. The van der Waals surface area contributed by atoms with Crippen molar-refractivity contribution >= 4 is 33.0 Å². The summed E-state index contributed by atoms with van der Waals surface area (Å²) in [5.41, 5.74) is 8.54. The van der Waals surface area contributed by atoms with Crippen LogP contribution in [0.4, 0.5) is 5.69 Å². The van der Waals surface area contributed by atoms with Crippen molar-refractivity contribution in [3.63, 3.8) is 0 Å². The minimum absolute atomic E-state index is 0.0315. The fraction of sp³-hybridized carbons (Fsp3) is 0.429. The summed E-state index contributed by atoms with van der Waals surface area (Å²) in [5.74, 6) is -0.0315. The van der Waals surface area contributed by atoms with Gasteiger partial charge in [0, 0.05) is 41.6 Å². The molecule has 1 amide bonds. The van der Waals surface area contributed by atoms with Crippen LogP contribution in [0.2, 0.25) is 0 Å². The Morgan fingerprint density at radius 2 is 2.20 bits per heavy atom. The third-order valence-electron chi connectivity index (χ3n) is 3.26. The number of amides is 1. The van der Waals surface area contributed by atoms with Gasteiger partial charge in [0.1, 0.15) is 4.88 Å². The number of nitrogens with two attached hydrogens (primary N) is 1. The van der Waals surface area contributed by atoms with Crippen LogP contribution >= 0.6 is 11.3 Å². The van der Waals surface area contributed by atoms with Crippen LogP contribution in [-0.4, -0.2) is 43.0 Å². The molecule has 0 bridgehead atoms. The molecule has 0 fully saturated rings. The zero-order valence-corrected chi connectivity index (χ0v) is 13.1. The molecule has 2 aromatic heterocycles. The van der Waals surface area contributed by atoms with Gasteiger partial charge >= 0.3 is 0 Å². The summed E-state index contributed by atoms with van der Waals surface area (Å²) >= 11 is 1.45. The number of thiophene rings is 1. The Morgan fingerprint density at radius 1 is 1.50 bits per heavy atom. The van der Waals surface area contributed by atoms with E-state index in [9.17, 15) is 4.79 Å². The average Bonchev–Trinajstić information content (AvgIpc) is 2.72. The first-order valence-corrected chi connectivity index (χ1v) is 7.33. The van der Waals surface area contributed by atoms with Crippen LogP contribution in [0.5, 0.6) is 0 Å². The second-order valence-electron chi connectivity index (χ2n) is 4.90. The number of nitrogens with zero attached hydrogens (tertiary/aromatic N) is 2. The topological polar surface area (TPSA) is 71.2 Å². The molecule has 2 heterocycles. The van der Waals surface area contributed by atoms with E-state index < -0.39 is 0 Å². The van der Waals surface area contributed by atoms with E-state index >= 15 is 0 Å². The van der Waals surface area contributed by atoms with Crippen molar-refractivity contribution in [3.8, 4) is 0 Å². The van der Waals surface area contributed by atoms with Gasteiger partial charge in [-0.25, -0.2) is 0 Å². The molecule has 0 saturated carbocycles. The van der Waals surface area contributed by atoms with Crippen LogP contribution in [0.15, 0.2) is 6.07 Å². The molecule has 6 heteroatoms. The number of anilines is 1. The van der Waals surface area contributed by atoms with Gasteiger partial charge in [-0.05, 0) is 27.0 Å². The number of hydrogen-bond donors (Lipinski definition) is 2. The number of aromatic nitrogens is 1. The lowest BCUT2D eigenvalue weighted by atomic mass is 10.2. The average molecular weight is 292 g/mol. The maximum Gasteiger partial charge on any atom is 0.265 e. The van der Waals surface area contributed by atoms with Gasteiger partial charge in [0.2, 0.25) is 0 Å². The zero-order valence-electron chi connectivity index (χ0n) is 12.3. The standard InChI is InChI=1S/C14H20N4OS/c1-8-7-10-11(9(2)17-8)12(15)13(20-10)14(19)18(4)6-5-16-3/h7,16H,5-6,15H2,1-4H3. The van der Waals surface area contributed by atoms with E-state index in [1.807, 2.05) is 27.0 Å². The molecule has 0 atom stereocenters. The molecule has 0 radical (unpaired) electrons. The number of rotatable bonds is 4. The number of carbonyl (C=O) groups excluding carboxylic acids is 1. The van der Waals surface area contributed by atoms with Gasteiger partial charge in [-0.1, -0.05) is 0 Å². The summed E-state index contributed by atoms with van der Waals surface area (Å²) in [5, 5.41) is 3.94. The molecular weight excluding hydrogens is 272 g/mol. The Kier molecular flexibility index (Phi) is 4.25. The highest BCUT2D eigenvalue weighted by atomic mass is 32.1. The number of nitrogen functional groups attached to an aromatic ring is 1. The molecule has 0 spiro atoms. The van der Waals surface area contributed by atoms with E-state index in [2.05, 4.69) is 10.3 Å². The van der Waals surface area contributed by atoms with Crippen molar-refractivity contribution in [1.29, 1.82) is 0 Å². The highest BCUT2D eigenvalue weighted by molar-refractivity contribution is 7.21. The summed E-state index contributed by atoms with van der Waals surface area (Å²) in [4.78, 5) is 19.2. The van der Waals surface area contributed by atoms with Crippen LogP contribution in [0, 0.1) is 13.8 Å². The highest BCUT2D eigenvalue weighted by Crippen LogP contribution is 2.36. The Morgan fingerprint density at radius 3 is 2.85 bits per heavy atom. The first kappa shape index (κ1) is 14.7. The smallest absolute Gasteiger partial charge is 0.265 e. The van der Waals surface area contributed by atoms with Crippen molar-refractivity contribution in [3.05, 3.63) is 22.3 Å². The number of hydrogen-bond acceptors (Lipinski definition) is 5. The zero-order chi connectivity index (χ0) is 14.9. The molecular formula is C14H20N4OS. The van der Waals surface area contributed by atoms with Crippen molar-refractivity contribution in [1.82, 2.24) is 15.2 Å². The van der Waals surface area contributed by atoms with Gasteiger partial charge in [-0.3, -0.25) is 9.78 Å². The molecule has 0 saturated heterocycles. The van der Waals surface area contributed by atoms with Crippen LogP contribution in [-0.2, 0) is 0 Å². The third kappa shape index (κ3) is 2.62. The number of nitrogens with one attached hydrogen (secondary N) is 1. The van der Waals surface area contributed by atoms with E-state index in [0.717, 1.165) is 28.0 Å². The predicted octanol–water partition coefficient (Wildman–Crippen LogP) is 1.79. The van der Waals surface area contributed by atoms with Crippen LogP contribution in [0.25, 0.3) is 10.1 Å². The highest BCUT2D eigenvalue weighted by Gasteiger charge is 2.21. The van der Waals surface area contributed by atoms with E-state index in [0.29, 0.717) is 17.1 Å². The second kappa shape index (κ2) is 5.76. The molecule has 0 aromatic carbocycles. The lowest BCUT2D eigenvalue weighted by Crippen LogP contribution is -2.32. The Bertz CT molecular complexity index is 650. The quantitative estimate of drug-likeness (QED) is 0.901. The Labute approximate surface area is 122 Å². The fourth-order valence-electron chi connectivity index (χ4n) is 2.19. The number of carbonyl (C=O) groups is 1. The van der Waals surface area contributed by atoms with E-state index in [1.165, 1.54) is 11.3 Å². The summed E-state index contributed by atoms with van der Waals surface area (Å²) in [6.07, 6.45) is 0. The summed E-state index contributed by atoms with van der Waals surface area (Å²) in [6.45, 7) is 5.28. The van der Waals surface area contributed by atoms with E-state index in [4.69, 9.17) is 5.73 Å². The fourth-order valence-corrected chi connectivity index (χ4v) is 3.46. The molecule has 108 valence electrons. The van der Waals surface area contributed by atoms with Gasteiger partial charge in [0.05, 0.1) is 5.69 Å². The van der Waals surface area contributed by atoms with Crippen molar-refractivity contribution in [2.45, 2.75) is 13.8 Å². The molecule has 0 aliphatic carbocycles. The van der Waals surface area contributed by atoms with Crippen molar-refractivity contribution in [2.75, 3.05) is 32.9 Å². The molecule has 20 heavy (non-hydrogen) atoms. The molecule has 2 rings (SSSR count). The van der Waals surface area contributed by atoms with Gasteiger partial charge in [-0.2, -0.15) is 0 Å². The normalized spacial score (nSPS) is 11.0. The summed E-state index contributed by atoms with van der Waals surface area (Å²) < 4.78 is 1.03. The van der Waals surface area contributed by atoms with E-state index in [1.54, 1.807) is 11.9 Å². The molecule has 2 aromatic rings. The van der Waals surface area contributed by atoms with E-state index in [-0.39, 0.29) is 5.91 Å². The first-order chi connectivity index (χ1) is 9.45. The number of likely N-dealkylation sites (N-methyl/N-ethyl adjacent to an activating group) is 2. The Balaban J connectivity index is 2.43. The monoisotopic (exact) mass is 292 g/mol. The SMILES string of the molecule is CNCCN(C)C(=O)c1sc2cc(C)nc(C)c2c1N. The molecule has 5 nitrogen and oxygen atoms in total. The summed E-state index contributed by atoms with van der Waals surface area (Å²) in [6, 6.07) is 1.98. The molecule has 0 aliphatic rings. The lowest BCUT2D eigenvalue weighted by Gasteiger charge is -2.16. The van der Waals surface area contributed by atoms with Crippen molar-refractivity contribution in [2.24, 2.45) is 0 Å². The second-order valence-corrected chi connectivity index (χ2v) is 5.95.